The largest absolute Gasteiger partial charge is 0.350 e. The Morgan fingerprint density at radius 3 is 2.72 bits per heavy atom. The van der Waals surface area contributed by atoms with Crippen molar-refractivity contribution in [1.29, 1.82) is 0 Å². The van der Waals surface area contributed by atoms with Crippen LogP contribution in [0.1, 0.15) is 40.2 Å². The van der Waals surface area contributed by atoms with E-state index in [2.05, 4.69) is 31.2 Å². The Bertz CT molecular complexity index is 1040. The van der Waals surface area contributed by atoms with E-state index in [1.165, 1.54) is 5.56 Å². The predicted octanol–water partition coefficient (Wildman–Crippen LogP) is 2.16. The number of amides is 1. The lowest BCUT2D eigenvalue weighted by atomic mass is 10.0. The molecule has 0 saturated carbocycles. The molecule has 0 aliphatic carbocycles. The molecule has 1 amide bonds. The van der Waals surface area contributed by atoms with Gasteiger partial charge in [-0.2, -0.15) is 5.10 Å². The summed E-state index contributed by atoms with van der Waals surface area (Å²) in [6.07, 6.45) is 8.52. The van der Waals surface area contributed by atoms with Gasteiger partial charge in [0.15, 0.2) is 11.5 Å². The number of carbonyl (C=O) groups excluding carboxylic acids is 1. The van der Waals surface area contributed by atoms with Crippen molar-refractivity contribution in [2.75, 3.05) is 24.5 Å². The standard InChI is InChI=1S/C21H23N7O/c1-15-11-19(21(29)26-7-2-3-8-26)24-25-20(15)27-10-5-18-16(14-27)12-17(13-22-18)28-9-4-6-23-28/h4,6,9,11-13H,2-3,5,7-8,10,14H2,1H3. The number of hydrogen-bond donors (Lipinski definition) is 0. The molecule has 0 bridgehead atoms. The fraction of sp³-hybridized carbons (Fsp3) is 0.381. The first kappa shape index (κ1) is 17.8. The molecule has 8 nitrogen and oxygen atoms in total. The van der Waals surface area contributed by atoms with E-state index in [0.29, 0.717) is 12.2 Å². The highest BCUT2D eigenvalue weighted by atomic mass is 16.2. The van der Waals surface area contributed by atoms with Crippen molar-refractivity contribution < 1.29 is 4.79 Å². The first-order chi connectivity index (χ1) is 14.2. The highest BCUT2D eigenvalue weighted by molar-refractivity contribution is 5.92. The lowest BCUT2D eigenvalue weighted by Crippen LogP contribution is -2.33. The van der Waals surface area contributed by atoms with Crippen molar-refractivity contribution in [2.24, 2.45) is 0 Å². The van der Waals surface area contributed by atoms with Gasteiger partial charge in [0.05, 0.1) is 11.9 Å². The van der Waals surface area contributed by atoms with Crippen molar-refractivity contribution in [2.45, 2.75) is 32.7 Å². The second-order valence-corrected chi connectivity index (χ2v) is 7.66. The van der Waals surface area contributed by atoms with Crippen LogP contribution in [-0.4, -0.2) is 55.4 Å². The topological polar surface area (TPSA) is 80.0 Å². The Morgan fingerprint density at radius 1 is 1.10 bits per heavy atom. The highest BCUT2D eigenvalue weighted by Crippen LogP contribution is 2.26. The summed E-state index contributed by atoms with van der Waals surface area (Å²) in [6, 6.07) is 5.90. The van der Waals surface area contributed by atoms with E-state index < -0.39 is 0 Å². The molecule has 0 atom stereocenters. The molecule has 2 aliphatic heterocycles. The summed E-state index contributed by atoms with van der Waals surface area (Å²) in [7, 11) is 0. The number of nitrogens with zero attached hydrogens (tertiary/aromatic N) is 7. The van der Waals surface area contributed by atoms with Crippen molar-refractivity contribution in [3.05, 3.63) is 59.3 Å². The highest BCUT2D eigenvalue weighted by Gasteiger charge is 2.24. The Balaban J connectivity index is 1.38. The van der Waals surface area contributed by atoms with Crippen LogP contribution in [0.15, 0.2) is 36.8 Å². The Kier molecular flexibility index (Phi) is 4.46. The van der Waals surface area contributed by atoms with Crippen molar-refractivity contribution >= 4 is 11.7 Å². The summed E-state index contributed by atoms with van der Waals surface area (Å²) in [6.45, 7) is 5.17. The molecule has 0 spiro atoms. The molecule has 1 fully saturated rings. The van der Waals surface area contributed by atoms with Crippen LogP contribution in [0.4, 0.5) is 5.82 Å². The second-order valence-electron chi connectivity index (χ2n) is 7.66. The number of likely N-dealkylation sites (tertiary alicyclic amines) is 1. The third-order valence-corrected chi connectivity index (χ3v) is 5.66. The molecular weight excluding hydrogens is 366 g/mol. The fourth-order valence-corrected chi connectivity index (χ4v) is 4.12. The summed E-state index contributed by atoms with van der Waals surface area (Å²) >= 11 is 0. The average molecular weight is 389 g/mol. The van der Waals surface area contributed by atoms with E-state index in [9.17, 15) is 4.79 Å². The van der Waals surface area contributed by atoms with Gasteiger partial charge in [0.2, 0.25) is 0 Å². The molecule has 0 radical (unpaired) electrons. The number of anilines is 1. The minimum absolute atomic E-state index is 0.0123. The SMILES string of the molecule is Cc1cc(C(=O)N2CCCC2)nnc1N1CCc2ncc(-n3cccn3)cc2C1. The smallest absolute Gasteiger partial charge is 0.274 e. The molecule has 148 valence electrons. The number of rotatable bonds is 3. The van der Waals surface area contributed by atoms with Crippen LogP contribution in [0, 0.1) is 6.92 Å². The summed E-state index contributed by atoms with van der Waals surface area (Å²) < 4.78 is 1.82. The zero-order chi connectivity index (χ0) is 19.8. The maximum atomic E-state index is 12.6. The summed E-state index contributed by atoms with van der Waals surface area (Å²) in [5, 5.41) is 13.0. The van der Waals surface area contributed by atoms with Crippen molar-refractivity contribution in [3.63, 3.8) is 0 Å². The van der Waals surface area contributed by atoms with Gasteiger partial charge in [0.25, 0.3) is 5.91 Å². The predicted molar refractivity (Wildman–Crippen MR) is 108 cm³/mol. The lowest BCUT2D eigenvalue weighted by molar-refractivity contribution is 0.0785. The number of aryl methyl sites for hydroxylation is 1. The number of carbonyl (C=O) groups is 1. The van der Waals surface area contributed by atoms with Crippen LogP contribution in [0.25, 0.3) is 5.69 Å². The molecule has 0 unspecified atom stereocenters. The summed E-state index contributed by atoms with van der Waals surface area (Å²) in [5.74, 6) is 0.819. The monoisotopic (exact) mass is 389 g/mol. The molecule has 1 saturated heterocycles. The molecule has 3 aromatic heterocycles. The molecule has 5 heterocycles. The molecule has 5 rings (SSSR count). The van der Waals surface area contributed by atoms with Crippen LogP contribution < -0.4 is 4.90 Å². The maximum Gasteiger partial charge on any atom is 0.274 e. The van der Waals surface area contributed by atoms with E-state index >= 15 is 0 Å². The van der Waals surface area contributed by atoms with Gasteiger partial charge in [-0.05, 0) is 49.1 Å². The molecule has 0 N–H and O–H groups in total. The van der Waals surface area contributed by atoms with Gasteiger partial charge < -0.3 is 9.80 Å². The number of pyridine rings is 1. The van der Waals surface area contributed by atoms with Crippen LogP contribution >= 0.6 is 0 Å². The van der Waals surface area contributed by atoms with Crippen LogP contribution in [-0.2, 0) is 13.0 Å². The lowest BCUT2D eigenvalue weighted by Gasteiger charge is -2.30. The van der Waals surface area contributed by atoms with Gasteiger partial charge in [0, 0.05) is 50.7 Å². The molecule has 2 aliphatic rings. The minimum atomic E-state index is -0.0123. The zero-order valence-corrected chi connectivity index (χ0v) is 16.5. The first-order valence-electron chi connectivity index (χ1n) is 10.1. The van der Waals surface area contributed by atoms with E-state index in [-0.39, 0.29) is 5.91 Å². The molecule has 0 aromatic carbocycles. The van der Waals surface area contributed by atoms with Crippen LogP contribution in [0.2, 0.25) is 0 Å². The van der Waals surface area contributed by atoms with E-state index in [0.717, 1.165) is 61.7 Å². The van der Waals surface area contributed by atoms with Crippen molar-refractivity contribution in [3.8, 4) is 5.69 Å². The van der Waals surface area contributed by atoms with Gasteiger partial charge >= 0.3 is 0 Å². The summed E-state index contributed by atoms with van der Waals surface area (Å²) in [5.41, 5.74) is 4.65. The average Bonchev–Trinajstić information content (AvgIpc) is 3.46. The number of hydrogen-bond acceptors (Lipinski definition) is 6. The number of fused-ring (bicyclic) bond motifs is 1. The normalized spacial score (nSPS) is 16.2. The third kappa shape index (κ3) is 3.35. The fourth-order valence-electron chi connectivity index (χ4n) is 4.12. The van der Waals surface area contributed by atoms with Crippen LogP contribution in [0.5, 0.6) is 0 Å². The number of aromatic nitrogens is 5. The summed E-state index contributed by atoms with van der Waals surface area (Å²) in [4.78, 5) is 21.3. The maximum absolute atomic E-state index is 12.6. The van der Waals surface area contributed by atoms with Gasteiger partial charge in [-0.1, -0.05) is 0 Å². The molecule has 29 heavy (non-hydrogen) atoms. The zero-order valence-electron chi connectivity index (χ0n) is 16.5. The quantitative estimate of drug-likeness (QED) is 0.683. The van der Waals surface area contributed by atoms with Gasteiger partial charge in [0.1, 0.15) is 0 Å². The molecule has 3 aromatic rings. The third-order valence-electron chi connectivity index (χ3n) is 5.66. The second kappa shape index (κ2) is 7.27. The van der Waals surface area contributed by atoms with Gasteiger partial charge in [-0.3, -0.25) is 9.78 Å². The first-order valence-corrected chi connectivity index (χ1v) is 10.1. The Hall–Kier alpha value is -3.29. The van der Waals surface area contributed by atoms with Gasteiger partial charge in [-0.25, -0.2) is 4.68 Å². The van der Waals surface area contributed by atoms with E-state index in [1.54, 1.807) is 6.20 Å². The minimum Gasteiger partial charge on any atom is -0.350 e. The molecule has 8 heteroatoms. The molecular formula is C21H23N7O. The Morgan fingerprint density at radius 2 is 1.97 bits per heavy atom. The van der Waals surface area contributed by atoms with Crippen LogP contribution in [0.3, 0.4) is 0 Å². The van der Waals surface area contributed by atoms with Gasteiger partial charge in [-0.15, -0.1) is 10.2 Å². The van der Waals surface area contributed by atoms with E-state index in [4.69, 9.17) is 0 Å². The van der Waals surface area contributed by atoms with Crippen molar-refractivity contribution in [1.82, 2.24) is 29.9 Å². The van der Waals surface area contributed by atoms with E-state index in [1.807, 2.05) is 41.0 Å². The Labute approximate surface area is 169 Å².